The number of carbonyl (C=O) groups is 4. The van der Waals surface area contributed by atoms with Crippen LogP contribution in [0.15, 0.2) is 36.0 Å². The fraction of sp³-hybridized carbons (Fsp3) is 0.125. The van der Waals surface area contributed by atoms with Gasteiger partial charge >= 0.3 is 12.0 Å². The molecule has 0 radical (unpaired) electrons. The van der Waals surface area contributed by atoms with Crippen molar-refractivity contribution >= 4 is 40.8 Å². The van der Waals surface area contributed by atoms with E-state index in [1.807, 2.05) is 10.6 Å². The van der Waals surface area contributed by atoms with Crippen molar-refractivity contribution in [3.05, 3.63) is 41.6 Å². The maximum Gasteiger partial charge on any atom is 0.328 e. The number of barbiturate groups is 1. The van der Waals surface area contributed by atoms with Crippen LogP contribution in [0.25, 0.3) is 17.0 Å². The van der Waals surface area contributed by atoms with Gasteiger partial charge in [0.25, 0.3) is 11.8 Å². The van der Waals surface area contributed by atoms with E-state index in [-0.39, 0.29) is 5.57 Å². The number of aliphatic carboxylic acids is 1. The van der Waals surface area contributed by atoms with Gasteiger partial charge in [0.2, 0.25) is 0 Å². The summed E-state index contributed by atoms with van der Waals surface area (Å²) in [6.07, 6.45) is 3.04. The molecule has 2 heterocycles. The number of fused-ring (bicyclic) bond motifs is 1. The first kappa shape index (κ1) is 15.5. The normalized spacial score (nSPS) is 15.9. The third kappa shape index (κ3) is 2.65. The van der Waals surface area contributed by atoms with E-state index in [1.54, 1.807) is 42.0 Å². The molecule has 0 aliphatic carbocycles. The summed E-state index contributed by atoms with van der Waals surface area (Å²) in [4.78, 5) is 45.6. The lowest BCUT2D eigenvalue weighted by Gasteiger charge is -2.14. The van der Waals surface area contributed by atoms with Crippen molar-refractivity contribution in [1.82, 2.24) is 15.2 Å². The summed E-state index contributed by atoms with van der Waals surface area (Å²) in [5, 5.41) is 13.9. The first-order valence-electron chi connectivity index (χ1n) is 7.08. The average molecular weight is 327 g/mol. The molecule has 1 aliphatic heterocycles. The van der Waals surface area contributed by atoms with Crippen LogP contribution in [-0.4, -0.2) is 33.5 Å². The maximum atomic E-state index is 11.7. The van der Waals surface area contributed by atoms with Crippen LogP contribution in [-0.2, 0) is 14.4 Å². The molecule has 3 N–H and O–H groups in total. The van der Waals surface area contributed by atoms with Gasteiger partial charge in [0.05, 0.1) is 0 Å². The van der Waals surface area contributed by atoms with Crippen molar-refractivity contribution in [2.75, 3.05) is 0 Å². The van der Waals surface area contributed by atoms with Gasteiger partial charge < -0.3 is 9.67 Å². The Kier molecular flexibility index (Phi) is 3.64. The number of carbonyl (C=O) groups excluding carboxylic acids is 3. The number of nitrogens with one attached hydrogen (secondary N) is 2. The van der Waals surface area contributed by atoms with Crippen molar-refractivity contribution in [1.29, 1.82) is 0 Å². The first-order valence-corrected chi connectivity index (χ1v) is 7.08. The lowest BCUT2D eigenvalue weighted by molar-refractivity contribution is -0.140. The van der Waals surface area contributed by atoms with Gasteiger partial charge in [-0.25, -0.2) is 9.59 Å². The molecule has 0 saturated carbocycles. The van der Waals surface area contributed by atoms with Crippen molar-refractivity contribution in [3.8, 4) is 0 Å². The number of nitrogens with zero attached hydrogens (tertiary/aromatic N) is 1. The van der Waals surface area contributed by atoms with Crippen LogP contribution in [0, 0.1) is 0 Å². The van der Waals surface area contributed by atoms with Gasteiger partial charge in [0, 0.05) is 17.1 Å². The van der Waals surface area contributed by atoms with E-state index in [1.165, 1.54) is 6.08 Å². The summed E-state index contributed by atoms with van der Waals surface area (Å²) >= 11 is 0. The van der Waals surface area contributed by atoms with Gasteiger partial charge in [-0.05, 0) is 36.8 Å². The second kappa shape index (κ2) is 5.65. The third-order valence-corrected chi connectivity index (χ3v) is 3.77. The number of carboxylic acids is 1. The molecule has 1 aromatic carbocycles. The van der Waals surface area contributed by atoms with E-state index in [4.69, 9.17) is 5.11 Å². The summed E-state index contributed by atoms with van der Waals surface area (Å²) in [5.41, 5.74) is 1.13. The number of amides is 4. The largest absolute Gasteiger partial charge is 0.480 e. The number of carboxylic acid groups (broad SMARTS) is 1. The monoisotopic (exact) mass is 327 g/mol. The molecule has 2 aromatic rings. The second-order valence-corrected chi connectivity index (χ2v) is 5.35. The summed E-state index contributed by atoms with van der Waals surface area (Å²) in [5.74, 6) is -2.47. The van der Waals surface area contributed by atoms with Gasteiger partial charge in [-0.1, -0.05) is 6.07 Å². The van der Waals surface area contributed by atoms with Gasteiger partial charge in [-0.2, -0.15) is 0 Å². The van der Waals surface area contributed by atoms with Crippen LogP contribution in [0.1, 0.15) is 18.5 Å². The highest BCUT2D eigenvalue weighted by Gasteiger charge is 2.27. The van der Waals surface area contributed by atoms with Crippen LogP contribution in [0.4, 0.5) is 4.79 Å². The molecule has 1 atom stereocenters. The molecule has 8 nitrogen and oxygen atoms in total. The molecule has 0 bridgehead atoms. The van der Waals surface area contributed by atoms with E-state index >= 15 is 0 Å². The molecule has 1 saturated heterocycles. The topological polar surface area (TPSA) is 118 Å². The lowest BCUT2D eigenvalue weighted by Crippen LogP contribution is -2.51. The number of hydrogen-bond donors (Lipinski definition) is 3. The van der Waals surface area contributed by atoms with Crippen molar-refractivity contribution < 1.29 is 24.3 Å². The molecular weight excluding hydrogens is 314 g/mol. The zero-order chi connectivity index (χ0) is 17.4. The highest BCUT2D eigenvalue weighted by molar-refractivity contribution is 6.31. The molecule has 1 aliphatic rings. The van der Waals surface area contributed by atoms with Crippen molar-refractivity contribution in [2.45, 2.75) is 13.0 Å². The van der Waals surface area contributed by atoms with E-state index in [2.05, 4.69) is 0 Å². The standard InChI is InChI=1S/C16H13N3O5/c1-8(15(22)23)19-5-4-10-6-9(2-3-12(10)19)7-11-13(20)17-16(24)18-14(11)21/h2-8H,1H3,(H,22,23)(H2,17,18,20,21,24)/t8-/m0/s1. The van der Waals surface area contributed by atoms with Crippen molar-refractivity contribution in [2.24, 2.45) is 0 Å². The van der Waals surface area contributed by atoms with Crippen molar-refractivity contribution in [3.63, 3.8) is 0 Å². The Morgan fingerprint density at radius 1 is 1.17 bits per heavy atom. The number of hydrogen-bond acceptors (Lipinski definition) is 4. The minimum atomic E-state index is -0.945. The minimum Gasteiger partial charge on any atom is -0.480 e. The van der Waals surface area contributed by atoms with Crippen LogP contribution < -0.4 is 10.6 Å². The smallest absolute Gasteiger partial charge is 0.328 e. The fourth-order valence-corrected chi connectivity index (χ4v) is 2.50. The zero-order valence-corrected chi connectivity index (χ0v) is 12.6. The molecule has 122 valence electrons. The van der Waals surface area contributed by atoms with Gasteiger partial charge in [0.1, 0.15) is 11.6 Å². The second-order valence-electron chi connectivity index (χ2n) is 5.35. The SMILES string of the molecule is C[C@@H](C(=O)O)n1ccc2cc(C=C3C(=O)NC(=O)NC3=O)ccc21. The van der Waals surface area contributed by atoms with E-state index < -0.39 is 29.9 Å². The number of urea groups is 1. The van der Waals surface area contributed by atoms with Gasteiger partial charge in [-0.3, -0.25) is 20.2 Å². The highest BCUT2D eigenvalue weighted by atomic mass is 16.4. The molecule has 3 rings (SSSR count). The summed E-state index contributed by atoms with van der Waals surface area (Å²) in [6.45, 7) is 1.57. The van der Waals surface area contributed by atoms with E-state index in [9.17, 15) is 19.2 Å². The van der Waals surface area contributed by atoms with Gasteiger partial charge in [0.15, 0.2) is 0 Å². The minimum absolute atomic E-state index is 0.174. The Hall–Kier alpha value is -3.42. The number of imide groups is 2. The van der Waals surface area contributed by atoms with Gasteiger partial charge in [-0.15, -0.1) is 0 Å². The fourth-order valence-electron chi connectivity index (χ4n) is 2.50. The van der Waals surface area contributed by atoms with Crippen LogP contribution in [0.3, 0.4) is 0 Å². The number of aromatic nitrogens is 1. The summed E-state index contributed by atoms with van der Waals surface area (Å²) in [6, 6.07) is 5.29. The summed E-state index contributed by atoms with van der Waals surface area (Å²) in [7, 11) is 0. The van der Waals surface area contributed by atoms with Crippen LogP contribution in [0.2, 0.25) is 0 Å². The predicted octanol–water partition coefficient (Wildman–Crippen LogP) is 1.04. The average Bonchev–Trinajstić information content (AvgIpc) is 2.93. The Bertz CT molecular complexity index is 903. The third-order valence-electron chi connectivity index (χ3n) is 3.77. The Morgan fingerprint density at radius 2 is 1.83 bits per heavy atom. The summed E-state index contributed by atoms with van der Waals surface area (Å²) < 4.78 is 1.62. The van der Waals surface area contributed by atoms with Crippen LogP contribution >= 0.6 is 0 Å². The molecule has 0 unspecified atom stereocenters. The Balaban J connectivity index is 1.99. The maximum absolute atomic E-state index is 11.7. The lowest BCUT2D eigenvalue weighted by atomic mass is 10.1. The quantitative estimate of drug-likeness (QED) is 0.575. The number of benzene rings is 1. The zero-order valence-electron chi connectivity index (χ0n) is 12.6. The molecule has 0 spiro atoms. The molecule has 8 heteroatoms. The van der Waals surface area contributed by atoms with E-state index in [0.717, 1.165) is 10.9 Å². The predicted molar refractivity (Wildman–Crippen MR) is 83.9 cm³/mol. The highest BCUT2D eigenvalue weighted by Crippen LogP contribution is 2.23. The first-order chi connectivity index (χ1) is 11.4. The van der Waals surface area contributed by atoms with Crippen LogP contribution in [0.5, 0.6) is 0 Å². The number of rotatable bonds is 3. The van der Waals surface area contributed by atoms with E-state index in [0.29, 0.717) is 5.56 Å². The molecular formula is C16H13N3O5. The molecule has 24 heavy (non-hydrogen) atoms. The Morgan fingerprint density at radius 3 is 2.46 bits per heavy atom. The molecule has 4 amide bonds. The molecule has 1 aromatic heterocycles. The Labute approximate surface area is 135 Å². The molecule has 1 fully saturated rings.